The number of hydrogen-bond acceptors (Lipinski definition) is 2. The minimum Gasteiger partial charge on any atom is -0.459 e. The van der Waals surface area contributed by atoms with Crippen molar-refractivity contribution in [3.05, 3.63) is 125 Å². The summed E-state index contributed by atoms with van der Waals surface area (Å²) in [7, 11) is -2.63. The van der Waals surface area contributed by atoms with E-state index in [1.54, 1.807) is 12.1 Å². The van der Waals surface area contributed by atoms with Gasteiger partial charge >= 0.3 is 0 Å². The first-order valence-corrected chi connectivity index (χ1v) is 12.1. The number of halogens is 3. The number of carbonyl (C=O) groups excluding carboxylic acids is 1. The van der Waals surface area contributed by atoms with E-state index in [1.165, 1.54) is 6.26 Å². The summed E-state index contributed by atoms with van der Waals surface area (Å²) in [5.74, 6) is -0.231. The first-order chi connectivity index (χ1) is 15.1. The van der Waals surface area contributed by atoms with Crippen LogP contribution in [0.15, 0.2) is 124 Å². The molecule has 0 atom stereocenters. The molecular weight excluding hydrogens is 484 g/mol. The highest BCUT2D eigenvalue weighted by Gasteiger charge is 2.52. The number of rotatable bonds is 6. The number of amides is 1. The van der Waals surface area contributed by atoms with Gasteiger partial charge in [-0.2, -0.15) is 0 Å². The summed E-state index contributed by atoms with van der Waals surface area (Å²) in [6, 6.07) is 33.3. The third kappa shape index (κ3) is 4.62. The summed E-state index contributed by atoms with van der Waals surface area (Å²) >= 11 is 13.0. The maximum atomic E-state index is 13.0. The molecule has 0 bridgehead atoms. The lowest BCUT2D eigenvalue weighted by Crippen LogP contribution is -2.38. The molecule has 1 amide bonds. The average Bonchev–Trinajstić information content (AvgIpc) is 3.36. The molecule has 3 aromatic carbocycles. The number of nitrogens with one attached hydrogen (secondary N) is 1. The fraction of sp³-hybridized carbons (Fsp3) is 0. The van der Waals surface area contributed by atoms with Gasteiger partial charge in [-0.1, -0.05) is 77.8 Å². The zero-order valence-electron chi connectivity index (χ0n) is 16.8. The van der Waals surface area contributed by atoms with Gasteiger partial charge in [0.05, 0.1) is 6.26 Å². The largest absolute Gasteiger partial charge is 0.459 e. The molecule has 1 aromatic heterocycles. The smallest absolute Gasteiger partial charge is 0.293 e. The molecule has 0 spiro atoms. The monoisotopic (exact) mass is 502 g/mol. The molecule has 0 radical (unpaired) electrons. The summed E-state index contributed by atoms with van der Waals surface area (Å²) in [5.41, 5.74) is 0.459. The van der Waals surface area contributed by atoms with Crippen LogP contribution in [0.2, 0.25) is 0 Å². The van der Waals surface area contributed by atoms with Crippen molar-refractivity contribution in [2.45, 2.75) is 0 Å². The lowest BCUT2D eigenvalue weighted by molar-refractivity contribution is 0.0941. The summed E-state index contributed by atoms with van der Waals surface area (Å²) in [6.45, 7) is 0. The van der Waals surface area contributed by atoms with Gasteiger partial charge in [0.1, 0.15) is 15.9 Å². The van der Waals surface area contributed by atoms with Crippen molar-refractivity contribution < 1.29 is 9.21 Å². The summed E-state index contributed by atoms with van der Waals surface area (Å²) in [4.78, 5) is 13.0. The zero-order valence-corrected chi connectivity index (χ0v) is 20.0. The number of carbonyl (C=O) groups is 1. The highest BCUT2D eigenvalue weighted by atomic mass is 35.5. The van der Waals surface area contributed by atoms with E-state index < -0.39 is 13.2 Å². The lowest BCUT2D eigenvalue weighted by Gasteiger charge is -2.29. The molecule has 0 unspecified atom stereocenters. The van der Waals surface area contributed by atoms with Crippen LogP contribution in [0, 0.1) is 0 Å². The third-order valence-electron chi connectivity index (χ3n) is 4.92. The Morgan fingerprint density at radius 2 is 1.12 bits per heavy atom. The van der Waals surface area contributed by atoms with Crippen LogP contribution in [0.25, 0.3) is 0 Å². The fourth-order valence-corrected chi connectivity index (χ4v) is 8.53. The second-order valence-corrected chi connectivity index (χ2v) is 11.0. The van der Waals surface area contributed by atoms with Crippen LogP contribution in [0.5, 0.6) is 0 Å². The van der Waals surface area contributed by atoms with Gasteiger partial charge < -0.3 is 4.42 Å². The second kappa shape index (κ2) is 10.8. The molecule has 1 N–H and O–H groups in total. The number of benzene rings is 3. The van der Waals surface area contributed by atoms with Crippen LogP contribution in [-0.2, 0) is 0 Å². The topological polar surface area (TPSA) is 42.2 Å². The SMILES string of the molecule is Cl.O=C(NC(=C(Cl)Cl)[P+](c1ccccc1)(c1ccccc1)c1ccccc1)c1ccco1. The number of hydrogen-bond donors (Lipinski definition) is 1. The van der Waals surface area contributed by atoms with Gasteiger partial charge in [0.25, 0.3) is 5.91 Å². The Kier molecular flexibility index (Phi) is 8.17. The highest BCUT2D eigenvalue weighted by Crippen LogP contribution is 2.63. The minimum atomic E-state index is -2.63. The predicted octanol–water partition coefficient (Wildman–Crippen LogP) is 6.03. The number of furan rings is 1. The van der Waals surface area contributed by atoms with Crippen molar-refractivity contribution in [1.82, 2.24) is 5.32 Å². The second-order valence-electron chi connectivity index (χ2n) is 6.72. The summed E-state index contributed by atoms with van der Waals surface area (Å²) < 4.78 is 5.30. The van der Waals surface area contributed by atoms with Crippen LogP contribution in [-0.4, -0.2) is 5.91 Å². The Hall–Kier alpha value is -2.55. The van der Waals surface area contributed by atoms with Crippen molar-refractivity contribution in [1.29, 1.82) is 0 Å². The Bertz CT molecular complexity index is 1080. The van der Waals surface area contributed by atoms with Gasteiger partial charge in [-0.15, -0.1) is 12.4 Å². The summed E-state index contributed by atoms with van der Waals surface area (Å²) in [6.07, 6.45) is 1.45. The third-order valence-corrected chi connectivity index (χ3v) is 9.79. The molecule has 32 heavy (non-hydrogen) atoms. The van der Waals surface area contributed by atoms with E-state index in [0.29, 0.717) is 5.44 Å². The van der Waals surface area contributed by atoms with E-state index in [9.17, 15) is 4.79 Å². The van der Waals surface area contributed by atoms with Gasteiger partial charge in [-0.3, -0.25) is 10.1 Å². The average molecular weight is 504 g/mol. The Morgan fingerprint density at radius 1 is 0.688 bits per heavy atom. The maximum Gasteiger partial charge on any atom is 0.293 e. The molecule has 3 nitrogen and oxygen atoms in total. The van der Waals surface area contributed by atoms with Crippen molar-refractivity contribution in [2.75, 3.05) is 0 Å². The molecule has 0 saturated heterocycles. The Balaban J connectivity index is 0.00000289. The Morgan fingerprint density at radius 3 is 1.47 bits per heavy atom. The maximum absolute atomic E-state index is 13.0. The first kappa shape index (κ1) is 24.1. The minimum absolute atomic E-state index is 0. The fourth-order valence-electron chi connectivity index (χ4n) is 3.62. The van der Waals surface area contributed by atoms with Crippen molar-refractivity contribution >= 4 is 64.7 Å². The predicted molar refractivity (Wildman–Crippen MR) is 137 cm³/mol. The first-order valence-electron chi connectivity index (χ1n) is 9.60. The zero-order chi connectivity index (χ0) is 21.7. The van der Waals surface area contributed by atoms with Crippen LogP contribution < -0.4 is 21.2 Å². The van der Waals surface area contributed by atoms with Gasteiger partial charge in [0.15, 0.2) is 17.5 Å². The molecule has 162 valence electrons. The van der Waals surface area contributed by atoms with Crippen LogP contribution in [0.4, 0.5) is 0 Å². The van der Waals surface area contributed by atoms with E-state index in [0.717, 1.165) is 15.9 Å². The van der Waals surface area contributed by atoms with Crippen LogP contribution in [0.1, 0.15) is 10.6 Å². The lowest BCUT2D eigenvalue weighted by atomic mass is 10.4. The van der Waals surface area contributed by atoms with Crippen molar-refractivity contribution in [2.24, 2.45) is 0 Å². The standard InChI is InChI=1S/C25H18Cl2NO2P.ClH/c26-23(27)25(28-24(29)22-17-10-18-30-22)31(19-11-4-1-5-12-19,20-13-6-2-7-14-20)21-15-8-3-9-16-21;/h1-18H;1H/p+1. The molecule has 0 saturated carbocycles. The molecular formula is C25H20Cl3NO2P+. The van der Waals surface area contributed by atoms with E-state index in [1.807, 2.05) is 91.0 Å². The molecule has 4 aromatic rings. The van der Waals surface area contributed by atoms with E-state index in [4.69, 9.17) is 27.6 Å². The molecule has 0 fully saturated rings. The Labute approximate surface area is 203 Å². The highest BCUT2D eigenvalue weighted by molar-refractivity contribution is 7.99. The van der Waals surface area contributed by atoms with E-state index >= 15 is 0 Å². The van der Waals surface area contributed by atoms with Gasteiger partial charge in [-0.05, 0) is 48.5 Å². The molecule has 0 aliphatic rings. The van der Waals surface area contributed by atoms with Gasteiger partial charge in [-0.25, -0.2) is 0 Å². The molecule has 1 heterocycles. The van der Waals surface area contributed by atoms with Crippen LogP contribution in [0.3, 0.4) is 0 Å². The molecule has 4 rings (SSSR count). The van der Waals surface area contributed by atoms with Crippen LogP contribution >= 0.6 is 42.9 Å². The van der Waals surface area contributed by atoms with E-state index in [2.05, 4.69) is 5.32 Å². The molecule has 7 heteroatoms. The molecule has 0 aliphatic heterocycles. The normalized spacial score (nSPS) is 10.7. The quantitative estimate of drug-likeness (QED) is 0.327. The summed E-state index contributed by atoms with van der Waals surface area (Å²) in [5, 5.41) is 6.03. The van der Waals surface area contributed by atoms with Gasteiger partial charge in [0.2, 0.25) is 5.44 Å². The van der Waals surface area contributed by atoms with Crippen molar-refractivity contribution in [3.63, 3.8) is 0 Å². The van der Waals surface area contributed by atoms with Crippen molar-refractivity contribution in [3.8, 4) is 0 Å². The van der Waals surface area contributed by atoms with Gasteiger partial charge in [0, 0.05) is 0 Å². The van der Waals surface area contributed by atoms with E-state index in [-0.39, 0.29) is 22.7 Å². The molecule has 0 aliphatic carbocycles.